The summed E-state index contributed by atoms with van der Waals surface area (Å²) >= 11 is 0. The van der Waals surface area contributed by atoms with Crippen LogP contribution in [0.15, 0.2) is 109 Å². The summed E-state index contributed by atoms with van der Waals surface area (Å²) < 4.78 is 0. The van der Waals surface area contributed by atoms with Gasteiger partial charge in [-0.3, -0.25) is 0 Å². The average molecular weight is 763 g/mol. The van der Waals surface area contributed by atoms with Gasteiger partial charge >= 0.3 is 0 Å². The third-order valence-corrected chi connectivity index (χ3v) is 13.7. The van der Waals surface area contributed by atoms with Crippen molar-refractivity contribution in [3.05, 3.63) is 154 Å². The van der Waals surface area contributed by atoms with Gasteiger partial charge in [0.2, 0.25) is 0 Å². The van der Waals surface area contributed by atoms with Crippen LogP contribution in [-0.2, 0) is 32.5 Å². The Hall–Kier alpha value is -4.68. The van der Waals surface area contributed by atoms with E-state index >= 15 is 0 Å². The van der Waals surface area contributed by atoms with Gasteiger partial charge in [0.15, 0.2) is 0 Å². The minimum atomic E-state index is -0.109. The minimum Gasteiger partial charge on any atom is -0.0616 e. The van der Waals surface area contributed by atoms with Crippen LogP contribution < -0.4 is 0 Å². The van der Waals surface area contributed by atoms with Crippen molar-refractivity contribution >= 4 is 0 Å². The Bertz CT molecular complexity index is 2610. The average Bonchev–Trinajstić information content (AvgIpc) is 3.51. The lowest BCUT2D eigenvalue weighted by Crippen LogP contribution is -2.19. The van der Waals surface area contributed by atoms with Crippen molar-refractivity contribution in [2.24, 2.45) is 0 Å². The maximum atomic E-state index is 2.51. The molecular formula is C58H66. The Morgan fingerprint density at radius 2 is 0.638 bits per heavy atom. The van der Waals surface area contributed by atoms with Crippen molar-refractivity contribution in [3.63, 3.8) is 0 Å². The molecule has 8 rings (SSSR count). The molecular weight excluding hydrogens is 697 g/mol. The zero-order valence-corrected chi connectivity index (χ0v) is 38.4. The van der Waals surface area contributed by atoms with Crippen LogP contribution in [0.25, 0.3) is 55.6 Å². The highest BCUT2D eigenvalue weighted by molar-refractivity contribution is 5.98. The fourth-order valence-corrected chi connectivity index (χ4v) is 9.74. The van der Waals surface area contributed by atoms with Gasteiger partial charge in [-0.1, -0.05) is 208 Å². The Morgan fingerprint density at radius 1 is 0.293 bits per heavy atom. The quantitative estimate of drug-likeness (QED) is 0.168. The number of benzene rings is 6. The molecule has 0 N–H and O–H groups in total. The van der Waals surface area contributed by atoms with Gasteiger partial charge < -0.3 is 0 Å². The molecule has 0 aromatic heterocycles. The summed E-state index contributed by atoms with van der Waals surface area (Å²) in [6.45, 7) is 37.7. The molecule has 0 saturated carbocycles. The molecule has 0 fully saturated rings. The van der Waals surface area contributed by atoms with Crippen molar-refractivity contribution in [3.8, 4) is 55.6 Å². The van der Waals surface area contributed by atoms with E-state index in [4.69, 9.17) is 0 Å². The van der Waals surface area contributed by atoms with E-state index in [1.807, 2.05) is 0 Å². The first-order chi connectivity index (χ1) is 26.8. The monoisotopic (exact) mass is 763 g/mol. The molecule has 0 amide bonds. The maximum absolute atomic E-state index is 2.51. The highest BCUT2D eigenvalue weighted by Gasteiger charge is 2.41. The molecule has 0 bridgehead atoms. The molecule has 58 heavy (non-hydrogen) atoms. The second kappa shape index (κ2) is 12.9. The van der Waals surface area contributed by atoms with Gasteiger partial charge in [-0.2, -0.15) is 0 Å². The molecule has 2 aliphatic rings. The molecule has 0 aliphatic heterocycles. The van der Waals surface area contributed by atoms with Gasteiger partial charge in [0.05, 0.1) is 0 Å². The molecule has 0 atom stereocenters. The molecule has 0 radical (unpaired) electrons. The predicted octanol–water partition coefficient (Wildman–Crippen LogP) is 16.5. The van der Waals surface area contributed by atoms with Crippen LogP contribution in [0.4, 0.5) is 0 Å². The van der Waals surface area contributed by atoms with Crippen LogP contribution in [0.1, 0.15) is 155 Å². The van der Waals surface area contributed by atoms with E-state index in [0.717, 1.165) is 0 Å². The van der Waals surface area contributed by atoms with E-state index in [-0.39, 0.29) is 32.5 Å². The van der Waals surface area contributed by atoms with Gasteiger partial charge in [0.25, 0.3) is 0 Å². The molecule has 0 heterocycles. The standard InChI is InChI=1S/C58H66/c1-53(2,3)37-25-27-43-47(31-37)57(13,14)49-33-39(55(7,8)9)29-45(51(43)49)36-23-21-35(22-24-36)41-19-17-18-20-42(41)46-30-40(56(10,11)12)34-50-52(46)44-28-26-38(54(4,5)6)32-48(44)58(50,15)16/h17-34H,1-16H3. The Labute approximate surface area is 351 Å². The summed E-state index contributed by atoms with van der Waals surface area (Å²) in [5, 5.41) is 0. The van der Waals surface area contributed by atoms with Crippen LogP contribution >= 0.6 is 0 Å². The van der Waals surface area contributed by atoms with Crippen molar-refractivity contribution in [1.82, 2.24) is 0 Å². The molecule has 0 unspecified atom stereocenters. The minimum absolute atomic E-state index is 0.00510. The lowest BCUT2D eigenvalue weighted by Gasteiger charge is -2.28. The van der Waals surface area contributed by atoms with Gasteiger partial charge in [-0.25, -0.2) is 0 Å². The Kier molecular flexibility index (Phi) is 8.93. The first-order valence-electron chi connectivity index (χ1n) is 21.7. The van der Waals surface area contributed by atoms with Crippen molar-refractivity contribution in [1.29, 1.82) is 0 Å². The van der Waals surface area contributed by atoms with Crippen LogP contribution in [0.3, 0.4) is 0 Å². The van der Waals surface area contributed by atoms with Crippen molar-refractivity contribution < 1.29 is 0 Å². The van der Waals surface area contributed by atoms with Crippen molar-refractivity contribution in [2.75, 3.05) is 0 Å². The Morgan fingerprint density at radius 3 is 1.05 bits per heavy atom. The second-order valence-electron chi connectivity index (χ2n) is 22.8. The highest BCUT2D eigenvalue weighted by atomic mass is 14.4. The zero-order chi connectivity index (χ0) is 42.1. The first-order valence-corrected chi connectivity index (χ1v) is 21.7. The smallest absolute Gasteiger partial charge is 0.0159 e. The molecule has 0 heteroatoms. The van der Waals surface area contributed by atoms with Crippen LogP contribution in [-0.4, -0.2) is 0 Å². The number of hydrogen-bond acceptors (Lipinski definition) is 0. The van der Waals surface area contributed by atoms with Gasteiger partial charge in [-0.05, 0) is 134 Å². The number of rotatable bonds is 3. The fourth-order valence-electron chi connectivity index (χ4n) is 9.74. The molecule has 6 aromatic rings. The normalized spacial score (nSPS) is 15.5. The molecule has 0 nitrogen and oxygen atoms in total. The number of hydrogen-bond donors (Lipinski definition) is 0. The van der Waals surface area contributed by atoms with Crippen LogP contribution in [0.5, 0.6) is 0 Å². The maximum Gasteiger partial charge on any atom is 0.0159 e. The van der Waals surface area contributed by atoms with E-state index in [2.05, 4.69) is 220 Å². The second-order valence-corrected chi connectivity index (χ2v) is 22.8. The third-order valence-electron chi connectivity index (χ3n) is 13.7. The zero-order valence-electron chi connectivity index (χ0n) is 38.4. The third kappa shape index (κ3) is 6.42. The lowest BCUT2D eigenvalue weighted by molar-refractivity contribution is 0.579. The summed E-state index contributed by atoms with van der Waals surface area (Å²) in [4.78, 5) is 0. The van der Waals surface area contributed by atoms with E-state index in [1.54, 1.807) is 0 Å². The van der Waals surface area contributed by atoms with Crippen LogP contribution in [0, 0.1) is 0 Å². The molecule has 6 aromatic carbocycles. The summed E-state index contributed by atoms with van der Waals surface area (Å²) in [5.74, 6) is 0. The molecule has 0 spiro atoms. The van der Waals surface area contributed by atoms with E-state index < -0.39 is 0 Å². The topological polar surface area (TPSA) is 0 Å². The van der Waals surface area contributed by atoms with Gasteiger partial charge in [0, 0.05) is 10.8 Å². The summed E-state index contributed by atoms with van der Waals surface area (Å²) in [7, 11) is 0. The molecule has 298 valence electrons. The van der Waals surface area contributed by atoms with Gasteiger partial charge in [-0.15, -0.1) is 0 Å². The predicted molar refractivity (Wildman–Crippen MR) is 253 cm³/mol. The summed E-state index contributed by atoms with van der Waals surface area (Å²) in [6.07, 6.45) is 0. The first kappa shape index (κ1) is 40.1. The Balaban J connectivity index is 1.30. The fraction of sp³-hybridized carbons (Fsp3) is 0.379. The summed E-state index contributed by atoms with van der Waals surface area (Å²) in [5.41, 5.74) is 24.6. The highest BCUT2D eigenvalue weighted by Crippen LogP contribution is 2.56. The largest absolute Gasteiger partial charge is 0.0616 e. The van der Waals surface area contributed by atoms with Gasteiger partial charge in [0.1, 0.15) is 0 Å². The summed E-state index contributed by atoms with van der Waals surface area (Å²) in [6, 6.07) is 43.1. The van der Waals surface area contributed by atoms with E-state index in [1.165, 1.54) is 100 Å². The van der Waals surface area contributed by atoms with E-state index in [0.29, 0.717) is 0 Å². The van der Waals surface area contributed by atoms with Crippen molar-refractivity contribution in [2.45, 2.75) is 143 Å². The van der Waals surface area contributed by atoms with E-state index in [9.17, 15) is 0 Å². The van der Waals surface area contributed by atoms with Crippen LogP contribution in [0.2, 0.25) is 0 Å². The molecule has 0 saturated heterocycles. The number of fused-ring (bicyclic) bond motifs is 6. The lowest BCUT2D eigenvalue weighted by atomic mass is 9.76. The molecule has 2 aliphatic carbocycles. The SMILES string of the molecule is CC(C)(C)c1ccc2c(c1)C(C)(C)c1cc(C(C)(C)C)cc(-c3ccc(-c4ccccc4-c4cc(C(C)(C)C)cc5c4-c4ccc(C(C)(C)C)cc4C5(C)C)cc3)c1-2.